The molecule has 0 saturated heterocycles. The summed E-state index contributed by atoms with van der Waals surface area (Å²) in [6.45, 7) is 2.83. The van der Waals surface area contributed by atoms with Crippen molar-refractivity contribution in [1.29, 1.82) is 0 Å². The second-order valence-electron chi connectivity index (χ2n) is 7.20. The molecular weight excluding hydrogens is 396 g/mol. The van der Waals surface area contributed by atoms with E-state index in [1.807, 2.05) is 24.3 Å². The standard InChI is InChI=1S/C23H24N4O4/c1-3-4-5-12-31-16-8-6-15(7-9-16)14-24-27-22(28)21-20(26-23(27)29)18-11-10-17(30-2)13-19(18)25-21/h6-11,13-14,25H,3-5,12H2,1-2H3,(H,26,29)/b24-14+. The van der Waals surface area contributed by atoms with Crippen LogP contribution in [0.15, 0.2) is 57.2 Å². The Labute approximate surface area is 178 Å². The Kier molecular flexibility index (Phi) is 5.88. The predicted octanol–water partition coefficient (Wildman–Crippen LogP) is 3.63. The minimum Gasteiger partial charge on any atom is -0.497 e. The maximum absolute atomic E-state index is 12.9. The average molecular weight is 420 g/mol. The van der Waals surface area contributed by atoms with Crippen LogP contribution in [0.2, 0.25) is 0 Å². The lowest BCUT2D eigenvalue weighted by Gasteiger charge is -2.05. The summed E-state index contributed by atoms with van der Waals surface area (Å²) >= 11 is 0. The van der Waals surface area contributed by atoms with Crippen molar-refractivity contribution in [3.8, 4) is 11.5 Å². The van der Waals surface area contributed by atoms with Crippen LogP contribution in [0.5, 0.6) is 11.5 Å². The molecule has 0 aliphatic carbocycles. The molecule has 0 aliphatic heterocycles. The highest BCUT2D eigenvalue weighted by atomic mass is 16.5. The zero-order valence-corrected chi connectivity index (χ0v) is 17.5. The fraction of sp³-hybridized carbons (Fsp3) is 0.261. The summed E-state index contributed by atoms with van der Waals surface area (Å²) < 4.78 is 11.7. The van der Waals surface area contributed by atoms with Gasteiger partial charge in [-0.2, -0.15) is 5.10 Å². The third-order valence-electron chi connectivity index (χ3n) is 5.06. The van der Waals surface area contributed by atoms with E-state index in [1.54, 1.807) is 25.3 Å². The largest absolute Gasteiger partial charge is 0.497 e. The van der Waals surface area contributed by atoms with Gasteiger partial charge in [0, 0.05) is 11.5 Å². The van der Waals surface area contributed by atoms with Gasteiger partial charge in [0.25, 0.3) is 0 Å². The predicted molar refractivity (Wildman–Crippen MR) is 122 cm³/mol. The first-order chi connectivity index (χ1) is 15.1. The van der Waals surface area contributed by atoms with Crippen molar-refractivity contribution >= 4 is 28.2 Å². The Morgan fingerprint density at radius 2 is 1.77 bits per heavy atom. The quantitative estimate of drug-likeness (QED) is 0.336. The highest BCUT2D eigenvalue weighted by Gasteiger charge is 2.13. The van der Waals surface area contributed by atoms with Gasteiger partial charge in [-0.1, -0.05) is 19.8 Å². The van der Waals surface area contributed by atoms with Crippen LogP contribution in [-0.4, -0.2) is 34.6 Å². The van der Waals surface area contributed by atoms with Crippen molar-refractivity contribution in [2.45, 2.75) is 26.2 Å². The number of aromatic nitrogens is 3. The number of ether oxygens (including phenoxy) is 2. The first kappa shape index (κ1) is 20.5. The average Bonchev–Trinajstić information content (AvgIpc) is 3.15. The second kappa shape index (κ2) is 8.91. The first-order valence-corrected chi connectivity index (χ1v) is 10.2. The molecule has 0 fully saturated rings. The SMILES string of the molecule is CCCCCOc1ccc(/C=N/n2c(=O)[nH]c3c([nH]c4cc(OC)ccc43)c2=O)cc1. The molecule has 0 bridgehead atoms. The molecule has 2 heterocycles. The van der Waals surface area contributed by atoms with E-state index in [9.17, 15) is 9.59 Å². The molecule has 8 heteroatoms. The van der Waals surface area contributed by atoms with Crippen LogP contribution in [0, 0.1) is 0 Å². The maximum Gasteiger partial charge on any atom is 0.350 e. The lowest BCUT2D eigenvalue weighted by atomic mass is 10.2. The highest BCUT2D eigenvalue weighted by molar-refractivity contribution is 6.04. The van der Waals surface area contributed by atoms with E-state index in [2.05, 4.69) is 22.0 Å². The fourth-order valence-electron chi connectivity index (χ4n) is 3.37. The lowest BCUT2D eigenvalue weighted by Crippen LogP contribution is -2.32. The van der Waals surface area contributed by atoms with Crippen molar-refractivity contribution in [3.05, 3.63) is 68.9 Å². The Hall–Kier alpha value is -3.81. The van der Waals surface area contributed by atoms with Gasteiger partial charge >= 0.3 is 11.2 Å². The number of methoxy groups -OCH3 is 1. The van der Waals surface area contributed by atoms with Gasteiger partial charge in [0.05, 0.1) is 31.0 Å². The molecule has 0 amide bonds. The van der Waals surface area contributed by atoms with Crippen molar-refractivity contribution in [2.24, 2.45) is 5.10 Å². The molecule has 4 rings (SSSR count). The van der Waals surface area contributed by atoms with Crippen LogP contribution < -0.4 is 20.7 Å². The number of nitrogens with zero attached hydrogens (tertiary/aromatic N) is 2. The van der Waals surface area contributed by atoms with Gasteiger partial charge in [-0.25, -0.2) is 4.79 Å². The Bertz CT molecular complexity index is 1350. The molecule has 0 aliphatic rings. The number of hydrogen-bond acceptors (Lipinski definition) is 5. The summed E-state index contributed by atoms with van der Waals surface area (Å²) in [6.07, 6.45) is 4.78. The number of hydrogen-bond donors (Lipinski definition) is 2. The number of benzene rings is 2. The molecule has 2 aromatic heterocycles. The molecule has 0 unspecified atom stereocenters. The van der Waals surface area contributed by atoms with Crippen molar-refractivity contribution in [3.63, 3.8) is 0 Å². The molecule has 0 spiro atoms. The molecule has 31 heavy (non-hydrogen) atoms. The second-order valence-corrected chi connectivity index (χ2v) is 7.20. The monoisotopic (exact) mass is 420 g/mol. The van der Waals surface area contributed by atoms with E-state index in [0.29, 0.717) is 23.4 Å². The van der Waals surface area contributed by atoms with Gasteiger partial charge in [0.15, 0.2) is 0 Å². The maximum atomic E-state index is 12.9. The molecule has 2 N–H and O–H groups in total. The number of nitrogens with one attached hydrogen (secondary N) is 2. The number of unbranched alkanes of at least 4 members (excludes halogenated alkanes) is 2. The zero-order chi connectivity index (χ0) is 21.8. The molecule has 0 radical (unpaired) electrons. The smallest absolute Gasteiger partial charge is 0.350 e. The number of rotatable bonds is 8. The molecule has 2 aromatic carbocycles. The summed E-state index contributed by atoms with van der Waals surface area (Å²) in [4.78, 5) is 31.2. The van der Waals surface area contributed by atoms with Gasteiger partial charge in [-0.3, -0.25) is 4.79 Å². The normalized spacial score (nSPS) is 11.5. The van der Waals surface area contributed by atoms with E-state index in [-0.39, 0.29) is 5.52 Å². The summed E-state index contributed by atoms with van der Waals surface area (Å²) in [5.41, 5.74) is 1.02. The van der Waals surface area contributed by atoms with Crippen molar-refractivity contribution < 1.29 is 9.47 Å². The van der Waals surface area contributed by atoms with Gasteiger partial charge < -0.3 is 19.4 Å². The summed E-state index contributed by atoms with van der Waals surface area (Å²) in [7, 11) is 1.57. The highest BCUT2D eigenvalue weighted by Crippen LogP contribution is 2.24. The fourth-order valence-corrected chi connectivity index (χ4v) is 3.37. The van der Waals surface area contributed by atoms with Gasteiger partial charge in [0.2, 0.25) is 0 Å². The number of H-pyrrole nitrogens is 2. The third-order valence-corrected chi connectivity index (χ3v) is 5.06. The Balaban J connectivity index is 1.61. The van der Waals surface area contributed by atoms with Crippen molar-refractivity contribution in [2.75, 3.05) is 13.7 Å². The van der Waals surface area contributed by atoms with Gasteiger partial charge in [-0.05, 0) is 48.4 Å². The topological polar surface area (TPSA) is 101 Å². The first-order valence-electron chi connectivity index (χ1n) is 10.2. The van der Waals surface area contributed by atoms with Gasteiger partial charge in [-0.15, -0.1) is 4.68 Å². The summed E-state index contributed by atoms with van der Waals surface area (Å²) in [5, 5.41) is 4.83. The molecule has 0 atom stereocenters. The molecule has 160 valence electrons. The van der Waals surface area contributed by atoms with Crippen LogP contribution >= 0.6 is 0 Å². The number of fused-ring (bicyclic) bond motifs is 3. The van der Waals surface area contributed by atoms with Crippen LogP contribution in [0.1, 0.15) is 31.7 Å². The molecular formula is C23H24N4O4. The molecule has 8 nitrogen and oxygen atoms in total. The van der Waals surface area contributed by atoms with E-state index in [1.165, 1.54) is 6.21 Å². The van der Waals surface area contributed by atoms with E-state index >= 15 is 0 Å². The number of aromatic amines is 2. The van der Waals surface area contributed by atoms with E-state index < -0.39 is 11.2 Å². The zero-order valence-electron chi connectivity index (χ0n) is 17.5. The third kappa shape index (κ3) is 4.23. The van der Waals surface area contributed by atoms with E-state index in [4.69, 9.17) is 9.47 Å². The van der Waals surface area contributed by atoms with Crippen LogP contribution in [0.4, 0.5) is 0 Å². The summed E-state index contributed by atoms with van der Waals surface area (Å²) in [6, 6.07) is 12.7. The Morgan fingerprint density at radius 3 is 2.52 bits per heavy atom. The van der Waals surface area contributed by atoms with E-state index in [0.717, 1.165) is 40.6 Å². The lowest BCUT2D eigenvalue weighted by molar-refractivity contribution is 0.306. The molecule has 4 aromatic rings. The summed E-state index contributed by atoms with van der Waals surface area (Å²) in [5.74, 6) is 1.43. The van der Waals surface area contributed by atoms with Crippen molar-refractivity contribution in [1.82, 2.24) is 14.6 Å². The minimum absolute atomic E-state index is 0.274. The van der Waals surface area contributed by atoms with Gasteiger partial charge in [0.1, 0.15) is 17.0 Å². The van der Waals surface area contributed by atoms with Crippen LogP contribution in [-0.2, 0) is 0 Å². The molecule has 0 saturated carbocycles. The van der Waals surface area contributed by atoms with Crippen LogP contribution in [0.3, 0.4) is 0 Å². The minimum atomic E-state index is -0.610. The Morgan fingerprint density at radius 1 is 1.00 bits per heavy atom. The van der Waals surface area contributed by atoms with Crippen LogP contribution in [0.25, 0.3) is 21.9 Å².